The Balaban J connectivity index is 1.92. The Bertz CT molecular complexity index is 1130. The average molecular weight is 365 g/mol. The van der Waals surface area contributed by atoms with Crippen LogP contribution in [0.2, 0.25) is 0 Å². The predicted octanol–water partition coefficient (Wildman–Crippen LogP) is 5.74. The third-order valence-electron chi connectivity index (χ3n) is 5.39. The molecule has 0 unspecified atom stereocenters. The Hall–Kier alpha value is -2.33. The van der Waals surface area contributed by atoms with Gasteiger partial charge in [-0.15, -0.1) is 11.3 Å². The van der Waals surface area contributed by atoms with Gasteiger partial charge in [-0.05, 0) is 54.5 Å². The lowest BCUT2D eigenvalue weighted by atomic mass is 10.1. The number of benzene rings is 2. The molecule has 0 atom stereocenters. The second-order valence-electron chi connectivity index (χ2n) is 6.91. The van der Waals surface area contributed by atoms with E-state index in [0.717, 1.165) is 23.9 Å². The first-order valence-electron chi connectivity index (χ1n) is 9.31. The Labute approximate surface area is 157 Å². The van der Waals surface area contributed by atoms with E-state index in [4.69, 9.17) is 0 Å². The van der Waals surface area contributed by atoms with Crippen LogP contribution in [0.5, 0.6) is 0 Å². The molecule has 0 aliphatic carbocycles. The monoisotopic (exact) mass is 364 g/mol. The molecule has 2 aromatic heterocycles. The normalized spacial score (nSPS) is 11.8. The summed E-state index contributed by atoms with van der Waals surface area (Å²) in [6.07, 6.45) is 1.93. The van der Waals surface area contributed by atoms with E-state index in [0.29, 0.717) is 6.54 Å². The van der Waals surface area contributed by atoms with Crippen molar-refractivity contribution in [2.75, 3.05) is 0 Å². The number of rotatable bonds is 5. The van der Waals surface area contributed by atoms with Crippen LogP contribution >= 0.6 is 11.3 Å². The van der Waals surface area contributed by atoms with Gasteiger partial charge < -0.3 is 0 Å². The molecule has 0 bridgehead atoms. The minimum absolute atomic E-state index is 0.104. The third-order valence-corrected chi connectivity index (χ3v) is 6.39. The minimum Gasteiger partial charge on any atom is -0.289 e. The van der Waals surface area contributed by atoms with Gasteiger partial charge in [-0.3, -0.25) is 9.13 Å². The Morgan fingerprint density at radius 2 is 1.73 bits per heavy atom. The summed E-state index contributed by atoms with van der Waals surface area (Å²) in [6, 6.07) is 14.8. The summed E-state index contributed by atoms with van der Waals surface area (Å²) in [5.74, 6) is 0. The highest BCUT2D eigenvalue weighted by atomic mass is 32.1. The lowest BCUT2D eigenvalue weighted by molar-refractivity contribution is 0.463. The zero-order valence-corrected chi connectivity index (χ0v) is 16.3. The average Bonchev–Trinajstić information content (AvgIpc) is 3.19. The van der Waals surface area contributed by atoms with Gasteiger partial charge in [-0.1, -0.05) is 38.1 Å². The summed E-state index contributed by atoms with van der Waals surface area (Å²) < 4.78 is 5.23. The Kier molecular flexibility index (Phi) is 4.45. The summed E-state index contributed by atoms with van der Waals surface area (Å²) in [6.45, 7) is 7.08. The van der Waals surface area contributed by atoms with Gasteiger partial charge in [0.05, 0.1) is 17.6 Å². The van der Waals surface area contributed by atoms with Crippen molar-refractivity contribution in [2.45, 2.75) is 46.2 Å². The standard InChI is InChI=1S/C22H24N2OS/c1-4-17(5-2)24-19-11-7-6-10-18(19)23(22(24)25)13-16-14-26-20-12-8-9-15(3)21(16)20/h6-12,14,17H,4-5,13H2,1-3H3. The van der Waals surface area contributed by atoms with Crippen LogP contribution in [-0.2, 0) is 6.54 Å². The van der Waals surface area contributed by atoms with Crippen LogP contribution in [0.3, 0.4) is 0 Å². The molecular weight excluding hydrogens is 340 g/mol. The lowest BCUT2D eigenvalue weighted by Crippen LogP contribution is -2.27. The molecule has 4 aromatic rings. The van der Waals surface area contributed by atoms with E-state index in [9.17, 15) is 4.79 Å². The van der Waals surface area contributed by atoms with Gasteiger partial charge in [-0.25, -0.2) is 4.79 Å². The first-order chi connectivity index (χ1) is 12.7. The number of thiophene rings is 1. The van der Waals surface area contributed by atoms with Crippen LogP contribution in [0.4, 0.5) is 0 Å². The number of hydrogen-bond donors (Lipinski definition) is 0. The van der Waals surface area contributed by atoms with Crippen molar-refractivity contribution in [2.24, 2.45) is 0 Å². The molecular formula is C22H24N2OS. The summed E-state index contributed by atoms with van der Waals surface area (Å²) in [4.78, 5) is 13.3. The lowest BCUT2D eigenvalue weighted by Gasteiger charge is -2.14. The molecule has 0 N–H and O–H groups in total. The predicted molar refractivity (Wildman–Crippen MR) is 111 cm³/mol. The van der Waals surface area contributed by atoms with Gasteiger partial charge in [0.15, 0.2) is 0 Å². The maximum atomic E-state index is 13.3. The fourth-order valence-corrected chi connectivity index (χ4v) is 5.05. The Morgan fingerprint density at radius 3 is 2.46 bits per heavy atom. The van der Waals surface area contributed by atoms with Crippen molar-refractivity contribution < 1.29 is 0 Å². The first-order valence-corrected chi connectivity index (χ1v) is 10.2. The largest absolute Gasteiger partial charge is 0.329 e. The number of fused-ring (bicyclic) bond motifs is 2. The van der Waals surface area contributed by atoms with Crippen molar-refractivity contribution in [1.82, 2.24) is 9.13 Å². The minimum atomic E-state index is 0.104. The highest BCUT2D eigenvalue weighted by Gasteiger charge is 2.19. The van der Waals surface area contributed by atoms with Gasteiger partial charge in [0.2, 0.25) is 0 Å². The van der Waals surface area contributed by atoms with E-state index >= 15 is 0 Å². The number of hydrogen-bond acceptors (Lipinski definition) is 2. The van der Waals surface area contributed by atoms with Gasteiger partial charge in [0.25, 0.3) is 0 Å². The molecule has 4 heteroatoms. The fraction of sp³-hybridized carbons (Fsp3) is 0.318. The molecule has 26 heavy (non-hydrogen) atoms. The maximum Gasteiger partial charge on any atom is 0.329 e. The summed E-state index contributed by atoms with van der Waals surface area (Å²) >= 11 is 1.76. The zero-order chi connectivity index (χ0) is 18.3. The second-order valence-corrected chi connectivity index (χ2v) is 7.82. The molecule has 4 rings (SSSR count). The fourth-order valence-electron chi connectivity index (χ4n) is 4.02. The van der Waals surface area contributed by atoms with Gasteiger partial charge in [-0.2, -0.15) is 0 Å². The number of imidazole rings is 1. The molecule has 0 aliphatic heterocycles. The SMILES string of the molecule is CCC(CC)n1c(=O)n(Cc2csc3cccc(C)c23)c2ccccc21. The number of para-hydroxylation sites is 2. The summed E-state index contributed by atoms with van der Waals surface area (Å²) in [5.41, 5.74) is 4.68. The molecule has 2 aromatic carbocycles. The van der Waals surface area contributed by atoms with Crippen molar-refractivity contribution >= 4 is 32.5 Å². The van der Waals surface area contributed by atoms with E-state index in [1.165, 1.54) is 21.2 Å². The van der Waals surface area contributed by atoms with E-state index in [-0.39, 0.29) is 11.7 Å². The topological polar surface area (TPSA) is 26.9 Å². The van der Waals surface area contributed by atoms with E-state index in [1.807, 2.05) is 21.3 Å². The Morgan fingerprint density at radius 1 is 1.00 bits per heavy atom. The van der Waals surface area contributed by atoms with Gasteiger partial charge in [0, 0.05) is 16.1 Å². The van der Waals surface area contributed by atoms with Crippen LogP contribution in [0.1, 0.15) is 43.9 Å². The molecule has 3 nitrogen and oxygen atoms in total. The highest BCUT2D eigenvalue weighted by Crippen LogP contribution is 2.30. The van der Waals surface area contributed by atoms with Crippen molar-refractivity contribution in [3.05, 3.63) is 69.5 Å². The molecule has 0 saturated carbocycles. The molecule has 0 amide bonds. The van der Waals surface area contributed by atoms with Crippen molar-refractivity contribution in [3.8, 4) is 0 Å². The smallest absolute Gasteiger partial charge is 0.289 e. The molecule has 0 saturated heterocycles. The number of nitrogens with zero attached hydrogens (tertiary/aromatic N) is 2. The summed E-state index contributed by atoms with van der Waals surface area (Å²) in [7, 11) is 0. The van der Waals surface area contributed by atoms with Crippen LogP contribution in [0.25, 0.3) is 21.1 Å². The van der Waals surface area contributed by atoms with E-state index in [2.05, 4.69) is 56.5 Å². The molecule has 0 aliphatic rings. The second kappa shape index (κ2) is 6.76. The van der Waals surface area contributed by atoms with Gasteiger partial charge >= 0.3 is 5.69 Å². The zero-order valence-electron chi connectivity index (χ0n) is 15.5. The van der Waals surface area contributed by atoms with E-state index in [1.54, 1.807) is 11.3 Å². The van der Waals surface area contributed by atoms with Crippen molar-refractivity contribution in [1.29, 1.82) is 0 Å². The van der Waals surface area contributed by atoms with Gasteiger partial charge in [0.1, 0.15) is 0 Å². The molecule has 0 spiro atoms. The first kappa shape index (κ1) is 17.1. The van der Waals surface area contributed by atoms with Crippen LogP contribution in [0, 0.1) is 6.92 Å². The number of aryl methyl sites for hydroxylation is 1. The summed E-state index contributed by atoms with van der Waals surface area (Å²) in [5, 5.41) is 3.50. The van der Waals surface area contributed by atoms with Crippen LogP contribution in [-0.4, -0.2) is 9.13 Å². The molecule has 134 valence electrons. The van der Waals surface area contributed by atoms with E-state index < -0.39 is 0 Å². The number of aromatic nitrogens is 2. The molecule has 0 radical (unpaired) electrons. The molecule has 0 fully saturated rings. The van der Waals surface area contributed by atoms with Crippen LogP contribution < -0.4 is 5.69 Å². The van der Waals surface area contributed by atoms with Crippen molar-refractivity contribution in [3.63, 3.8) is 0 Å². The highest BCUT2D eigenvalue weighted by molar-refractivity contribution is 7.17. The third kappa shape index (κ3) is 2.60. The maximum absolute atomic E-state index is 13.3. The quantitative estimate of drug-likeness (QED) is 0.444. The van der Waals surface area contributed by atoms with Crippen LogP contribution in [0.15, 0.2) is 52.6 Å². The molecule has 2 heterocycles.